The molecule has 2 aromatic rings. The third-order valence-corrected chi connectivity index (χ3v) is 4.24. The van der Waals surface area contributed by atoms with Crippen molar-refractivity contribution in [3.05, 3.63) is 52.0 Å². The molecular weight excluding hydrogens is 272 g/mol. The molecule has 1 heterocycles. The van der Waals surface area contributed by atoms with Crippen molar-refractivity contribution in [1.82, 2.24) is 10.3 Å². The van der Waals surface area contributed by atoms with Crippen molar-refractivity contribution in [1.29, 1.82) is 0 Å². The molecule has 4 nitrogen and oxygen atoms in total. The number of aromatic nitrogens is 1. The van der Waals surface area contributed by atoms with Crippen molar-refractivity contribution < 1.29 is 9.90 Å². The highest BCUT2D eigenvalue weighted by molar-refractivity contribution is 7.09. The number of aliphatic hydroxyl groups is 1. The lowest BCUT2D eigenvalue weighted by molar-refractivity contribution is -0.131. The summed E-state index contributed by atoms with van der Waals surface area (Å²) in [5.74, 6) is -0.422. The minimum Gasteiger partial charge on any atom is -0.378 e. The average molecular weight is 290 g/mol. The van der Waals surface area contributed by atoms with Crippen molar-refractivity contribution in [2.75, 3.05) is 0 Å². The maximum absolute atomic E-state index is 12.2. The van der Waals surface area contributed by atoms with E-state index in [1.807, 2.05) is 32.2 Å². The molecule has 0 bridgehead atoms. The Labute approximate surface area is 122 Å². The van der Waals surface area contributed by atoms with Crippen molar-refractivity contribution >= 4 is 17.2 Å². The smallest absolute Gasteiger partial charge is 0.254 e. The third kappa shape index (κ3) is 3.23. The summed E-state index contributed by atoms with van der Waals surface area (Å²) in [4.78, 5) is 16.5. The SMILES string of the molecule is Cc1csc(C(C)(C)NC(=O)C(O)c2ccccc2)n1. The molecule has 0 aliphatic rings. The van der Waals surface area contributed by atoms with Crippen LogP contribution in [-0.2, 0) is 10.3 Å². The molecule has 0 spiro atoms. The standard InChI is InChI=1S/C15H18N2O2S/c1-10-9-20-14(16-10)15(2,3)17-13(19)12(18)11-7-5-4-6-8-11/h4-9,12,18H,1-3H3,(H,17,19). The number of thiazole rings is 1. The number of aliphatic hydroxyl groups excluding tert-OH is 1. The number of aryl methyl sites for hydroxylation is 1. The largest absolute Gasteiger partial charge is 0.378 e. The Morgan fingerprint density at radius 3 is 2.55 bits per heavy atom. The number of benzene rings is 1. The lowest BCUT2D eigenvalue weighted by Crippen LogP contribution is -2.43. The number of carbonyl (C=O) groups excluding carboxylic acids is 1. The fourth-order valence-electron chi connectivity index (χ4n) is 1.86. The number of hydrogen-bond donors (Lipinski definition) is 2. The van der Waals surface area contributed by atoms with Crippen LogP contribution in [0.1, 0.15) is 36.2 Å². The molecule has 0 aliphatic heterocycles. The third-order valence-electron chi connectivity index (χ3n) is 2.95. The number of amides is 1. The molecule has 5 heteroatoms. The van der Waals surface area contributed by atoms with Crippen LogP contribution in [0.15, 0.2) is 35.7 Å². The van der Waals surface area contributed by atoms with E-state index in [2.05, 4.69) is 10.3 Å². The second-order valence-corrected chi connectivity index (χ2v) is 6.08. The van der Waals surface area contributed by atoms with E-state index in [0.29, 0.717) is 5.56 Å². The van der Waals surface area contributed by atoms with E-state index in [1.165, 1.54) is 11.3 Å². The second-order valence-electron chi connectivity index (χ2n) is 5.22. The maximum atomic E-state index is 12.2. The summed E-state index contributed by atoms with van der Waals surface area (Å²) in [6, 6.07) is 8.88. The van der Waals surface area contributed by atoms with Gasteiger partial charge in [0.15, 0.2) is 6.10 Å². The van der Waals surface area contributed by atoms with Crippen molar-refractivity contribution in [2.24, 2.45) is 0 Å². The molecule has 1 atom stereocenters. The summed E-state index contributed by atoms with van der Waals surface area (Å²) in [7, 11) is 0. The molecule has 1 unspecified atom stereocenters. The van der Waals surface area contributed by atoms with E-state index >= 15 is 0 Å². The predicted molar refractivity (Wildman–Crippen MR) is 79.4 cm³/mol. The lowest BCUT2D eigenvalue weighted by Gasteiger charge is -2.25. The van der Waals surface area contributed by atoms with Gasteiger partial charge in [0, 0.05) is 11.1 Å². The van der Waals surface area contributed by atoms with Crippen LogP contribution >= 0.6 is 11.3 Å². The van der Waals surface area contributed by atoms with Crippen LogP contribution < -0.4 is 5.32 Å². The van der Waals surface area contributed by atoms with Gasteiger partial charge in [0.1, 0.15) is 5.01 Å². The zero-order chi connectivity index (χ0) is 14.8. The molecular formula is C15H18N2O2S. The highest BCUT2D eigenvalue weighted by Gasteiger charge is 2.29. The molecule has 2 rings (SSSR count). The zero-order valence-corrected chi connectivity index (χ0v) is 12.6. The first-order valence-corrected chi connectivity index (χ1v) is 7.26. The van der Waals surface area contributed by atoms with Gasteiger partial charge in [-0.3, -0.25) is 4.79 Å². The molecule has 0 fully saturated rings. The van der Waals surface area contributed by atoms with Crippen LogP contribution in [0.4, 0.5) is 0 Å². The van der Waals surface area contributed by atoms with Crippen molar-refractivity contribution in [3.63, 3.8) is 0 Å². The van der Waals surface area contributed by atoms with Crippen LogP contribution in [0.2, 0.25) is 0 Å². The Bertz CT molecular complexity index is 593. The summed E-state index contributed by atoms with van der Waals surface area (Å²) in [5, 5.41) is 15.7. The van der Waals surface area contributed by atoms with E-state index in [4.69, 9.17) is 0 Å². The van der Waals surface area contributed by atoms with Gasteiger partial charge in [-0.1, -0.05) is 30.3 Å². The topological polar surface area (TPSA) is 62.2 Å². The molecule has 2 N–H and O–H groups in total. The molecule has 0 saturated heterocycles. The van der Waals surface area contributed by atoms with Crippen molar-refractivity contribution in [3.8, 4) is 0 Å². The van der Waals surface area contributed by atoms with Crippen LogP contribution in [0.25, 0.3) is 0 Å². The van der Waals surface area contributed by atoms with E-state index in [0.717, 1.165) is 10.7 Å². The minimum atomic E-state index is -1.17. The van der Waals surface area contributed by atoms with Gasteiger partial charge in [0.2, 0.25) is 0 Å². The molecule has 1 amide bonds. The van der Waals surface area contributed by atoms with Gasteiger partial charge in [-0.05, 0) is 26.3 Å². The maximum Gasteiger partial charge on any atom is 0.254 e. The summed E-state index contributed by atoms with van der Waals surface area (Å²) in [5.41, 5.74) is 0.901. The first-order valence-electron chi connectivity index (χ1n) is 6.38. The quantitative estimate of drug-likeness (QED) is 0.909. The number of carbonyl (C=O) groups is 1. The van der Waals surface area contributed by atoms with Crippen LogP contribution in [0.5, 0.6) is 0 Å². The van der Waals surface area contributed by atoms with Gasteiger partial charge in [-0.15, -0.1) is 11.3 Å². The van der Waals surface area contributed by atoms with E-state index in [9.17, 15) is 9.90 Å². The van der Waals surface area contributed by atoms with Gasteiger partial charge in [-0.25, -0.2) is 4.98 Å². The first-order chi connectivity index (χ1) is 9.40. The lowest BCUT2D eigenvalue weighted by atomic mass is 10.0. The summed E-state index contributed by atoms with van der Waals surface area (Å²) >= 11 is 1.50. The molecule has 106 valence electrons. The Morgan fingerprint density at radius 2 is 2.00 bits per heavy atom. The van der Waals surface area contributed by atoms with Gasteiger partial charge in [0.05, 0.1) is 5.54 Å². The van der Waals surface area contributed by atoms with Gasteiger partial charge in [-0.2, -0.15) is 0 Å². The summed E-state index contributed by atoms with van der Waals surface area (Å²) < 4.78 is 0. The van der Waals surface area contributed by atoms with Gasteiger partial charge < -0.3 is 10.4 Å². The average Bonchev–Trinajstić information content (AvgIpc) is 2.86. The number of hydrogen-bond acceptors (Lipinski definition) is 4. The van der Waals surface area contributed by atoms with Gasteiger partial charge in [0.25, 0.3) is 5.91 Å². The number of rotatable bonds is 4. The number of nitrogens with zero attached hydrogens (tertiary/aromatic N) is 1. The highest BCUT2D eigenvalue weighted by atomic mass is 32.1. The fourth-order valence-corrected chi connectivity index (χ4v) is 2.73. The van der Waals surface area contributed by atoms with E-state index in [-0.39, 0.29) is 0 Å². The second kappa shape index (κ2) is 5.73. The number of nitrogens with one attached hydrogen (secondary N) is 1. The normalized spacial score (nSPS) is 13.0. The van der Waals surface area contributed by atoms with Crippen LogP contribution in [0.3, 0.4) is 0 Å². The Hall–Kier alpha value is -1.72. The molecule has 20 heavy (non-hydrogen) atoms. The Balaban J connectivity index is 2.11. The fraction of sp³-hybridized carbons (Fsp3) is 0.333. The molecule has 1 aromatic heterocycles. The summed E-state index contributed by atoms with van der Waals surface area (Å²) in [6.45, 7) is 5.67. The zero-order valence-electron chi connectivity index (χ0n) is 11.8. The molecule has 0 radical (unpaired) electrons. The highest BCUT2D eigenvalue weighted by Crippen LogP contribution is 2.25. The molecule has 0 saturated carbocycles. The van der Waals surface area contributed by atoms with E-state index < -0.39 is 17.6 Å². The van der Waals surface area contributed by atoms with Crippen molar-refractivity contribution in [2.45, 2.75) is 32.4 Å². The van der Waals surface area contributed by atoms with Crippen LogP contribution in [0, 0.1) is 6.92 Å². The van der Waals surface area contributed by atoms with E-state index in [1.54, 1.807) is 24.3 Å². The first kappa shape index (κ1) is 14.7. The molecule has 0 aliphatic carbocycles. The monoisotopic (exact) mass is 290 g/mol. The Morgan fingerprint density at radius 1 is 1.35 bits per heavy atom. The predicted octanol–water partition coefficient (Wildman–Crippen LogP) is 2.54. The van der Waals surface area contributed by atoms with Crippen LogP contribution in [-0.4, -0.2) is 16.0 Å². The molecule has 1 aromatic carbocycles. The van der Waals surface area contributed by atoms with Gasteiger partial charge >= 0.3 is 0 Å². The Kier molecular flexibility index (Phi) is 4.20. The minimum absolute atomic E-state index is 0.422. The summed E-state index contributed by atoms with van der Waals surface area (Å²) in [6.07, 6.45) is -1.17.